The molecular formula is C22H16F6N4O5S. The number of alkyl halides is 2. The summed E-state index contributed by atoms with van der Waals surface area (Å²) in [5.41, 5.74) is -4.36. The molecule has 0 radical (unpaired) electrons. The molecule has 3 heterocycles. The number of hydrogen-bond acceptors (Lipinski definition) is 6. The van der Waals surface area contributed by atoms with Gasteiger partial charge in [0.05, 0.1) is 30.4 Å². The molecule has 16 heteroatoms. The molecule has 5 rings (SSSR count). The van der Waals surface area contributed by atoms with Crippen LogP contribution < -0.4 is 10.4 Å². The summed E-state index contributed by atoms with van der Waals surface area (Å²) >= 11 is 0. The summed E-state index contributed by atoms with van der Waals surface area (Å²) in [6.45, 7) is -1.13. The largest absolute Gasteiger partial charge is 0.380 e. The lowest BCUT2D eigenvalue weighted by atomic mass is 9.96. The van der Waals surface area contributed by atoms with Crippen LogP contribution >= 0.6 is 0 Å². The molecule has 1 N–H and O–H groups in total. The number of aromatic nitrogens is 3. The Bertz CT molecular complexity index is 1760. The molecule has 2 aromatic carbocycles. The van der Waals surface area contributed by atoms with Crippen LogP contribution in [0.3, 0.4) is 0 Å². The van der Waals surface area contributed by atoms with Crippen molar-refractivity contribution in [3.05, 3.63) is 69.4 Å². The third kappa shape index (κ3) is 3.99. The Balaban J connectivity index is 1.77. The zero-order valence-corrected chi connectivity index (χ0v) is 20.2. The van der Waals surface area contributed by atoms with Gasteiger partial charge < -0.3 is 9.26 Å². The smallest absolute Gasteiger partial charge is 0.334 e. The average molecular weight is 562 g/mol. The summed E-state index contributed by atoms with van der Waals surface area (Å²) in [5, 5.41) is 3.20. The highest BCUT2D eigenvalue weighted by Crippen LogP contribution is 2.41. The summed E-state index contributed by atoms with van der Waals surface area (Å²) in [4.78, 5) is 13.1. The van der Waals surface area contributed by atoms with Gasteiger partial charge in [0, 0.05) is 36.6 Å². The minimum Gasteiger partial charge on any atom is -0.380 e. The fourth-order valence-electron chi connectivity index (χ4n) is 4.48. The Hall–Kier alpha value is -3.63. The molecule has 0 saturated carbocycles. The first-order valence-electron chi connectivity index (χ1n) is 10.7. The maximum atomic E-state index is 15.6. The van der Waals surface area contributed by atoms with Crippen LogP contribution in [-0.2, 0) is 33.8 Å². The number of halogens is 6. The van der Waals surface area contributed by atoms with Crippen LogP contribution in [0, 0.1) is 23.3 Å². The first-order valence-corrected chi connectivity index (χ1v) is 12.6. The predicted octanol–water partition coefficient (Wildman–Crippen LogP) is 3.17. The van der Waals surface area contributed by atoms with E-state index in [4.69, 9.17) is 9.26 Å². The van der Waals surface area contributed by atoms with Gasteiger partial charge in [0.15, 0.2) is 11.4 Å². The third-order valence-corrected chi connectivity index (χ3v) is 6.73. The van der Waals surface area contributed by atoms with Crippen molar-refractivity contribution in [2.24, 2.45) is 0 Å². The Kier molecular flexibility index (Phi) is 5.96. The fraction of sp³-hybridized carbons (Fsp3) is 0.273. The first-order chi connectivity index (χ1) is 17.7. The van der Waals surface area contributed by atoms with E-state index in [1.54, 1.807) is 4.72 Å². The maximum absolute atomic E-state index is 15.6. The Labute approximate surface area is 209 Å². The normalized spacial score (nSPS) is 16.9. The maximum Gasteiger partial charge on any atom is 0.334 e. The summed E-state index contributed by atoms with van der Waals surface area (Å²) in [5.74, 6) is -9.90. The molecule has 0 fully saturated rings. The fourth-order valence-corrected chi connectivity index (χ4v) is 5.22. The molecule has 0 saturated heterocycles. The van der Waals surface area contributed by atoms with E-state index in [1.807, 2.05) is 0 Å². The van der Waals surface area contributed by atoms with E-state index in [0.717, 1.165) is 6.07 Å². The Morgan fingerprint density at radius 3 is 2.39 bits per heavy atom. The third-order valence-electron chi connectivity index (χ3n) is 6.02. The lowest BCUT2D eigenvalue weighted by Gasteiger charge is -2.18. The summed E-state index contributed by atoms with van der Waals surface area (Å²) in [7, 11) is -2.83. The summed E-state index contributed by atoms with van der Waals surface area (Å²) in [6.07, 6.45) is 1.32. The van der Waals surface area contributed by atoms with E-state index in [1.165, 1.54) is 7.11 Å². The number of nitrogens with zero attached hydrogens (tertiary/aromatic N) is 3. The van der Waals surface area contributed by atoms with Gasteiger partial charge in [-0.05, 0) is 6.07 Å². The van der Waals surface area contributed by atoms with Crippen molar-refractivity contribution in [3.8, 4) is 16.9 Å². The lowest BCUT2D eigenvalue weighted by molar-refractivity contribution is -0.0248. The zero-order chi connectivity index (χ0) is 27.7. The van der Waals surface area contributed by atoms with E-state index < -0.39 is 85.5 Å². The molecule has 0 amide bonds. The topological polar surface area (TPSA) is 108 Å². The van der Waals surface area contributed by atoms with Crippen molar-refractivity contribution >= 4 is 21.0 Å². The molecule has 1 aliphatic heterocycles. The Morgan fingerprint density at radius 1 is 1.16 bits per heavy atom. The number of sulfonamides is 1. The number of benzene rings is 2. The van der Waals surface area contributed by atoms with E-state index in [-0.39, 0.29) is 17.8 Å². The van der Waals surface area contributed by atoms with Gasteiger partial charge in [-0.3, -0.25) is 4.57 Å². The minimum absolute atomic E-state index is 0.228. The van der Waals surface area contributed by atoms with Crippen molar-refractivity contribution in [2.75, 3.05) is 13.4 Å². The number of hydrogen-bond donors (Lipinski definition) is 1. The quantitative estimate of drug-likeness (QED) is 0.362. The van der Waals surface area contributed by atoms with Crippen LogP contribution in [0.4, 0.5) is 26.3 Å². The molecule has 0 aliphatic carbocycles. The highest BCUT2D eigenvalue weighted by molar-refractivity contribution is 7.88. The average Bonchev–Trinajstić information content (AvgIpc) is 3.42. The predicted molar refractivity (Wildman–Crippen MR) is 119 cm³/mol. The molecule has 9 nitrogen and oxygen atoms in total. The molecule has 0 unspecified atom stereocenters. The molecule has 1 atom stereocenters. The van der Waals surface area contributed by atoms with Crippen LogP contribution in [0.15, 0.2) is 33.7 Å². The van der Waals surface area contributed by atoms with Crippen molar-refractivity contribution in [3.63, 3.8) is 0 Å². The monoisotopic (exact) mass is 562 g/mol. The van der Waals surface area contributed by atoms with Crippen LogP contribution in [0.2, 0.25) is 0 Å². The number of ether oxygens (including phenoxy) is 1. The number of fused-ring (bicyclic) bond motifs is 2. The second-order valence-corrected chi connectivity index (χ2v) is 10.4. The molecule has 38 heavy (non-hydrogen) atoms. The van der Waals surface area contributed by atoms with Crippen molar-refractivity contribution < 1.29 is 44.0 Å². The number of imidazole rings is 1. The molecule has 0 spiro atoms. The van der Waals surface area contributed by atoms with Crippen LogP contribution in [0.25, 0.3) is 27.9 Å². The minimum atomic E-state index is -4.06. The SMILES string of the molecule is COCc1cc2onc(-n3cc4n(c3=O)C[C@@H](NS(C)(=O)=O)C4(F)F)c2c(-c2c(F)cc(F)cc2F)c1F. The summed E-state index contributed by atoms with van der Waals surface area (Å²) in [6, 6.07) is -0.248. The van der Waals surface area contributed by atoms with E-state index in [0.29, 0.717) is 33.7 Å². The second-order valence-electron chi connectivity index (χ2n) is 8.62. The van der Waals surface area contributed by atoms with Gasteiger partial charge in [-0.15, -0.1) is 0 Å². The van der Waals surface area contributed by atoms with Crippen molar-refractivity contribution in [1.29, 1.82) is 0 Å². The van der Waals surface area contributed by atoms with Crippen molar-refractivity contribution in [2.45, 2.75) is 25.1 Å². The first kappa shape index (κ1) is 26.0. The lowest BCUT2D eigenvalue weighted by Crippen LogP contribution is -2.44. The standard InChI is InChI=1S/C22H16F6N4O5S/c1-36-8-9-3-13-17(18(19(9)26)16-11(24)4-10(23)5-12(16)25)20(29-37-13)32-7-15-22(27,28)14(30-38(2,34)35)6-31(15)21(32)33/h3-5,7,14,30H,6,8H2,1-2H3/t14-/m1/s1. The second kappa shape index (κ2) is 8.71. The van der Waals surface area contributed by atoms with Crippen molar-refractivity contribution in [1.82, 2.24) is 19.0 Å². The number of nitrogens with one attached hydrogen (secondary N) is 1. The van der Waals surface area contributed by atoms with E-state index in [2.05, 4.69) is 5.16 Å². The van der Waals surface area contributed by atoms with Crippen LogP contribution in [0.5, 0.6) is 0 Å². The molecule has 202 valence electrons. The van der Waals surface area contributed by atoms with Gasteiger partial charge in [-0.25, -0.2) is 40.1 Å². The zero-order valence-electron chi connectivity index (χ0n) is 19.4. The number of methoxy groups -OCH3 is 1. The van der Waals surface area contributed by atoms with Gasteiger partial charge in [-0.2, -0.15) is 8.78 Å². The molecule has 4 aromatic rings. The molecular weight excluding hydrogens is 546 g/mol. The van der Waals surface area contributed by atoms with Crippen LogP contribution in [-0.4, -0.2) is 42.1 Å². The van der Waals surface area contributed by atoms with E-state index in [9.17, 15) is 26.4 Å². The summed E-state index contributed by atoms with van der Waals surface area (Å²) < 4.78 is 125. The van der Waals surface area contributed by atoms with Gasteiger partial charge in [0.2, 0.25) is 10.0 Å². The number of rotatable bonds is 6. The van der Waals surface area contributed by atoms with Crippen LogP contribution in [0.1, 0.15) is 11.3 Å². The molecule has 0 bridgehead atoms. The Morgan fingerprint density at radius 2 is 1.82 bits per heavy atom. The highest BCUT2D eigenvalue weighted by Gasteiger charge is 2.52. The highest BCUT2D eigenvalue weighted by atomic mass is 32.2. The van der Waals surface area contributed by atoms with Gasteiger partial charge >= 0.3 is 11.6 Å². The van der Waals surface area contributed by atoms with E-state index >= 15 is 13.2 Å². The molecule has 1 aliphatic rings. The molecule has 2 aromatic heterocycles. The van der Waals surface area contributed by atoms with Gasteiger partial charge in [0.1, 0.15) is 35.0 Å². The van der Waals surface area contributed by atoms with Gasteiger partial charge in [-0.1, -0.05) is 5.16 Å². The van der Waals surface area contributed by atoms with Gasteiger partial charge in [0.25, 0.3) is 0 Å².